The van der Waals surface area contributed by atoms with Gasteiger partial charge in [-0.05, 0) is 45.5 Å². The summed E-state index contributed by atoms with van der Waals surface area (Å²) in [5.74, 6) is 0. The maximum absolute atomic E-state index is 2.22. The number of benzene rings is 4. The minimum atomic E-state index is 1.21. The Morgan fingerprint density at radius 3 is 1.03 bits per heavy atom. The first-order valence-corrected chi connectivity index (χ1v) is 11.9. The van der Waals surface area contributed by atoms with Gasteiger partial charge >= 0.3 is 0 Å². The van der Waals surface area contributed by atoms with Gasteiger partial charge in [-0.2, -0.15) is 0 Å². The first-order chi connectivity index (χ1) is 16.3. The molecule has 0 aliphatic heterocycles. The predicted octanol–water partition coefficient (Wildman–Crippen LogP) is 9.42. The fraction of sp³-hybridized carbons (Fsp3) is 0. The van der Waals surface area contributed by atoms with E-state index >= 15 is 0 Å². The van der Waals surface area contributed by atoms with Crippen molar-refractivity contribution in [3.63, 3.8) is 0 Å². The molecule has 1 aromatic heterocycles. The molecule has 33 heavy (non-hydrogen) atoms. The van der Waals surface area contributed by atoms with Crippen molar-refractivity contribution in [2.45, 2.75) is 0 Å². The SMILES string of the molecule is C(=C\c1ccc(-c2ccc(-c3ccc(/C=C/c4ccccc4)cc3)s2)cc1)/c1ccccc1. The van der Waals surface area contributed by atoms with Crippen LogP contribution in [0.3, 0.4) is 0 Å². The highest BCUT2D eigenvalue weighted by Gasteiger charge is 2.05. The molecule has 0 bridgehead atoms. The van der Waals surface area contributed by atoms with E-state index in [1.165, 1.54) is 43.1 Å². The fourth-order valence-electron chi connectivity index (χ4n) is 3.68. The second kappa shape index (κ2) is 10.1. The van der Waals surface area contributed by atoms with Crippen LogP contribution < -0.4 is 0 Å². The Balaban J connectivity index is 1.27. The van der Waals surface area contributed by atoms with Crippen molar-refractivity contribution >= 4 is 35.6 Å². The molecule has 0 N–H and O–H groups in total. The summed E-state index contributed by atoms with van der Waals surface area (Å²) in [7, 11) is 0. The van der Waals surface area contributed by atoms with Gasteiger partial charge in [0.05, 0.1) is 0 Å². The van der Waals surface area contributed by atoms with Crippen molar-refractivity contribution < 1.29 is 0 Å². The lowest BCUT2D eigenvalue weighted by Gasteiger charge is -2.01. The molecular formula is C32H24S. The van der Waals surface area contributed by atoms with Gasteiger partial charge in [-0.15, -0.1) is 11.3 Å². The van der Waals surface area contributed by atoms with Crippen LogP contribution in [0.2, 0.25) is 0 Å². The van der Waals surface area contributed by atoms with Gasteiger partial charge in [0.2, 0.25) is 0 Å². The molecule has 0 nitrogen and oxygen atoms in total. The molecule has 0 aliphatic rings. The average molecular weight is 441 g/mol. The largest absolute Gasteiger partial charge is 0.135 e. The third-order valence-corrected chi connectivity index (χ3v) is 6.72. The zero-order valence-electron chi connectivity index (χ0n) is 18.3. The highest BCUT2D eigenvalue weighted by atomic mass is 32.1. The Kier molecular flexibility index (Phi) is 6.42. The summed E-state index contributed by atoms with van der Waals surface area (Å²) in [6.07, 6.45) is 8.62. The second-order valence-corrected chi connectivity index (χ2v) is 8.98. The number of thiophene rings is 1. The van der Waals surface area contributed by atoms with E-state index in [0.29, 0.717) is 0 Å². The van der Waals surface area contributed by atoms with Gasteiger partial charge in [0.25, 0.3) is 0 Å². The molecule has 4 aromatic carbocycles. The lowest BCUT2D eigenvalue weighted by atomic mass is 10.1. The van der Waals surface area contributed by atoms with Crippen LogP contribution in [0, 0.1) is 0 Å². The molecule has 1 heterocycles. The third kappa shape index (κ3) is 5.46. The fourth-order valence-corrected chi connectivity index (χ4v) is 4.70. The normalized spacial score (nSPS) is 11.4. The minimum absolute atomic E-state index is 1.21. The quantitative estimate of drug-likeness (QED) is 0.231. The predicted molar refractivity (Wildman–Crippen MR) is 146 cm³/mol. The molecule has 5 aromatic rings. The van der Waals surface area contributed by atoms with Crippen molar-refractivity contribution in [2.75, 3.05) is 0 Å². The van der Waals surface area contributed by atoms with Crippen LogP contribution in [0.5, 0.6) is 0 Å². The molecule has 0 radical (unpaired) electrons. The number of hydrogen-bond donors (Lipinski definition) is 0. The molecule has 0 atom stereocenters. The Hall–Kier alpha value is -3.94. The van der Waals surface area contributed by atoms with Crippen molar-refractivity contribution in [3.8, 4) is 20.9 Å². The van der Waals surface area contributed by atoms with E-state index in [9.17, 15) is 0 Å². The van der Waals surface area contributed by atoms with Crippen molar-refractivity contribution in [1.29, 1.82) is 0 Å². The zero-order chi connectivity index (χ0) is 22.3. The van der Waals surface area contributed by atoms with Crippen LogP contribution in [-0.4, -0.2) is 0 Å². The lowest BCUT2D eigenvalue weighted by Crippen LogP contribution is -1.76. The maximum atomic E-state index is 2.22. The third-order valence-electron chi connectivity index (χ3n) is 5.53. The maximum Gasteiger partial charge on any atom is 0.0349 e. The van der Waals surface area contributed by atoms with Gasteiger partial charge in [0.15, 0.2) is 0 Å². The molecule has 0 amide bonds. The Labute approximate surface area is 199 Å². The molecule has 0 saturated heterocycles. The van der Waals surface area contributed by atoms with E-state index in [-0.39, 0.29) is 0 Å². The summed E-state index contributed by atoms with van der Waals surface area (Å²) in [6, 6.07) is 42.8. The van der Waals surface area contributed by atoms with E-state index in [0.717, 1.165) is 0 Å². The van der Waals surface area contributed by atoms with Crippen LogP contribution in [0.4, 0.5) is 0 Å². The summed E-state index contributed by atoms with van der Waals surface area (Å²) in [4.78, 5) is 2.58. The Morgan fingerprint density at radius 2 is 0.667 bits per heavy atom. The van der Waals surface area contributed by atoms with E-state index in [1.54, 1.807) is 0 Å². The van der Waals surface area contributed by atoms with Crippen LogP contribution in [-0.2, 0) is 0 Å². The second-order valence-electron chi connectivity index (χ2n) is 7.90. The summed E-state index contributed by atoms with van der Waals surface area (Å²) in [5, 5.41) is 0. The highest BCUT2D eigenvalue weighted by Crippen LogP contribution is 2.34. The molecule has 0 fully saturated rings. The van der Waals surface area contributed by atoms with E-state index in [4.69, 9.17) is 0 Å². The van der Waals surface area contributed by atoms with E-state index in [2.05, 4.69) is 133 Å². The molecule has 0 spiro atoms. The van der Waals surface area contributed by atoms with Crippen LogP contribution in [0.15, 0.2) is 121 Å². The zero-order valence-corrected chi connectivity index (χ0v) is 19.1. The molecular weight excluding hydrogens is 416 g/mol. The molecule has 1 heteroatoms. The van der Waals surface area contributed by atoms with Crippen LogP contribution in [0.1, 0.15) is 22.3 Å². The Morgan fingerprint density at radius 1 is 0.333 bits per heavy atom. The molecule has 0 saturated carbocycles. The van der Waals surface area contributed by atoms with Crippen molar-refractivity contribution in [1.82, 2.24) is 0 Å². The summed E-state index contributed by atoms with van der Waals surface area (Å²) in [5.41, 5.74) is 7.35. The van der Waals surface area contributed by atoms with Gasteiger partial charge in [-0.3, -0.25) is 0 Å². The highest BCUT2D eigenvalue weighted by molar-refractivity contribution is 7.18. The van der Waals surface area contributed by atoms with E-state index < -0.39 is 0 Å². The first-order valence-electron chi connectivity index (χ1n) is 11.1. The van der Waals surface area contributed by atoms with Gasteiger partial charge in [-0.1, -0.05) is 133 Å². The van der Waals surface area contributed by atoms with Gasteiger partial charge in [0, 0.05) is 9.75 Å². The monoisotopic (exact) mass is 440 g/mol. The van der Waals surface area contributed by atoms with Gasteiger partial charge in [0.1, 0.15) is 0 Å². The minimum Gasteiger partial charge on any atom is -0.135 e. The topological polar surface area (TPSA) is 0 Å². The van der Waals surface area contributed by atoms with Crippen LogP contribution in [0.25, 0.3) is 45.2 Å². The van der Waals surface area contributed by atoms with Gasteiger partial charge < -0.3 is 0 Å². The van der Waals surface area contributed by atoms with Crippen molar-refractivity contribution in [2.24, 2.45) is 0 Å². The summed E-state index contributed by atoms with van der Waals surface area (Å²) < 4.78 is 0. The molecule has 5 rings (SSSR count). The smallest absolute Gasteiger partial charge is 0.0349 e. The number of hydrogen-bond acceptors (Lipinski definition) is 1. The Bertz CT molecular complexity index is 1250. The molecule has 0 unspecified atom stereocenters. The molecule has 158 valence electrons. The number of rotatable bonds is 6. The van der Waals surface area contributed by atoms with E-state index in [1.807, 2.05) is 23.5 Å². The summed E-state index contributed by atoms with van der Waals surface area (Å²) >= 11 is 1.84. The summed E-state index contributed by atoms with van der Waals surface area (Å²) in [6.45, 7) is 0. The standard InChI is InChI=1S/C32H24S/c1-3-7-25(8-4-1)11-13-27-15-19-29(20-16-27)31-23-24-32(33-31)30-21-17-28(18-22-30)14-12-26-9-5-2-6-10-26/h1-24H/b13-11+,14-12+. The molecule has 0 aliphatic carbocycles. The first kappa shape index (κ1) is 20.9. The van der Waals surface area contributed by atoms with Gasteiger partial charge in [-0.25, -0.2) is 0 Å². The lowest BCUT2D eigenvalue weighted by molar-refractivity contribution is 1.64. The van der Waals surface area contributed by atoms with Crippen molar-refractivity contribution in [3.05, 3.63) is 144 Å². The average Bonchev–Trinajstić information content (AvgIpc) is 3.38. The van der Waals surface area contributed by atoms with Crippen LogP contribution >= 0.6 is 11.3 Å².